The monoisotopic (exact) mass is 298 g/mol. The van der Waals surface area contributed by atoms with E-state index in [1.165, 1.54) is 64.2 Å². The summed E-state index contributed by atoms with van der Waals surface area (Å²) in [5.41, 5.74) is 1.29. The summed E-state index contributed by atoms with van der Waals surface area (Å²) < 4.78 is 0. The molecule has 0 aromatic rings. The van der Waals surface area contributed by atoms with E-state index in [1.54, 1.807) is 0 Å². The number of hydrogen-bond acceptors (Lipinski definition) is 0. The van der Waals surface area contributed by atoms with E-state index in [1.807, 2.05) is 0 Å². The lowest BCUT2D eigenvalue weighted by Crippen LogP contribution is -2.52. The molecule has 0 heterocycles. The average Bonchev–Trinajstić information content (AvgIpc) is 2.84. The maximum Gasteiger partial charge on any atom is 0.0239 e. The van der Waals surface area contributed by atoms with Crippen LogP contribution in [0.4, 0.5) is 0 Å². The molecule has 0 radical (unpaired) electrons. The van der Waals surface area contributed by atoms with E-state index in [0.717, 1.165) is 23.7 Å². The first-order valence-electron chi connectivity index (χ1n) is 10.0. The maximum absolute atomic E-state index is 3.64. The third-order valence-electron chi connectivity index (χ3n) is 8.75. The third kappa shape index (κ3) is 2.03. The third-order valence-corrected chi connectivity index (χ3v) is 8.75. The van der Waals surface area contributed by atoms with E-state index in [0.29, 0.717) is 16.7 Å². The molecule has 4 rings (SSSR count). The van der Waals surface area contributed by atoms with E-state index < -0.39 is 0 Å². The molecular formula is C22H34. The highest BCUT2D eigenvalue weighted by molar-refractivity contribution is 5.15. The quantitative estimate of drug-likeness (QED) is 0.477. The predicted molar refractivity (Wildman–Crippen MR) is 93.3 cm³/mol. The van der Waals surface area contributed by atoms with Crippen LogP contribution in [-0.4, -0.2) is 0 Å². The summed E-state index contributed by atoms with van der Waals surface area (Å²) >= 11 is 0. The van der Waals surface area contributed by atoms with Crippen LogP contribution in [0.25, 0.3) is 0 Å². The van der Waals surface area contributed by atoms with Crippen LogP contribution in [0.3, 0.4) is 0 Å². The number of rotatable bonds is 0. The second kappa shape index (κ2) is 5.29. The topological polar surface area (TPSA) is 0 Å². The van der Waals surface area contributed by atoms with Crippen molar-refractivity contribution in [3.8, 4) is 11.8 Å². The Bertz CT molecular complexity index is 494. The van der Waals surface area contributed by atoms with Gasteiger partial charge in [0.25, 0.3) is 0 Å². The van der Waals surface area contributed by atoms with Gasteiger partial charge in [0.1, 0.15) is 0 Å². The zero-order valence-electron chi connectivity index (χ0n) is 15.0. The fraction of sp³-hybridized carbons (Fsp3) is 0.909. The lowest BCUT2D eigenvalue weighted by molar-refractivity contribution is -0.108. The van der Waals surface area contributed by atoms with Crippen molar-refractivity contribution in [2.24, 2.45) is 40.4 Å². The molecule has 0 amide bonds. The molecule has 0 N–H and O–H groups in total. The first kappa shape index (κ1) is 15.1. The maximum atomic E-state index is 3.64. The fourth-order valence-corrected chi connectivity index (χ4v) is 7.71. The second-order valence-electron chi connectivity index (χ2n) is 9.55. The van der Waals surface area contributed by atoms with Crippen LogP contribution in [0.1, 0.15) is 85.0 Å². The fourth-order valence-electron chi connectivity index (χ4n) is 7.71. The van der Waals surface area contributed by atoms with Gasteiger partial charge in [0, 0.05) is 5.92 Å². The average molecular weight is 299 g/mol. The van der Waals surface area contributed by atoms with Crippen molar-refractivity contribution in [3.63, 3.8) is 0 Å². The second-order valence-corrected chi connectivity index (χ2v) is 9.55. The van der Waals surface area contributed by atoms with Crippen LogP contribution in [0, 0.1) is 52.3 Å². The summed E-state index contributed by atoms with van der Waals surface area (Å²) in [6, 6.07) is 0. The van der Waals surface area contributed by atoms with Crippen LogP contribution >= 0.6 is 0 Å². The predicted octanol–water partition coefficient (Wildman–Crippen LogP) is 6.06. The summed E-state index contributed by atoms with van der Waals surface area (Å²) in [5, 5.41) is 0. The van der Waals surface area contributed by atoms with Crippen molar-refractivity contribution in [3.05, 3.63) is 0 Å². The van der Waals surface area contributed by atoms with E-state index in [-0.39, 0.29) is 0 Å². The van der Waals surface area contributed by atoms with Gasteiger partial charge in [0.15, 0.2) is 0 Å². The van der Waals surface area contributed by atoms with E-state index in [9.17, 15) is 0 Å². The molecule has 4 saturated carbocycles. The summed E-state index contributed by atoms with van der Waals surface area (Å²) in [6.45, 7) is 7.35. The van der Waals surface area contributed by atoms with Gasteiger partial charge in [-0.05, 0) is 92.8 Å². The van der Waals surface area contributed by atoms with Gasteiger partial charge in [-0.1, -0.05) is 32.6 Å². The first-order valence-corrected chi connectivity index (χ1v) is 10.0. The molecule has 7 atom stereocenters. The Kier molecular flexibility index (Phi) is 3.63. The Balaban J connectivity index is 1.67. The molecule has 0 aromatic heterocycles. The van der Waals surface area contributed by atoms with Gasteiger partial charge in [0.05, 0.1) is 0 Å². The number of hydrogen-bond donors (Lipinski definition) is 0. The van der Waals surface area contributed by atoms with Crippen molar-refractivity contribution in [1.29, 1.82) is 0 Å². The zero-order chi connectivity index (χ0) is 15.4. The number of fused-ring (bicyclic) bond motifs is 5. The Morgan fingerprint density at radius 1 is 0.864 bits per heavy atom. The molecule has 0 aliphatic heterocycles. The molecule has 4 aliphatic carbocycles. The largest absolute Gasteiger partial charge is 0.106 e. The van der Waals surface area contributed by atoms with Crippen molar-refractivity contribution < 1.29 is 0 Å². The molecule has 0 bridgehead atoms. The molecule has 0 nitrogen and oxygen atoms in total. The van der Waals surface area contributed by atoms with Gasteiger partial charge in [-0.2, -0.15) is 0 Å². The van der Waals surface area contributed by atoms with Gasteiger partial charge in [-0.25, -0.2) is 0 Å². The van der Waals surface area contributed by atoms with Gasteiger partial charge in [0.2, 0.25) is 0 Å². The van der Waals surface area contributed by atoms with Crippen molar-refractivity contribution >= 4 is 0 Å². The van der Waals surface area contributed by atoms with Gasteiger partial charge in [-0.3, -0.25) is 0 Å². The summed E-state index contributed by atoms with van der Waals surface area (Å²) in [5.74, 6) is 11.6. The van der Waals surface area contributed by atoms with Gasteiger partial charge < -0.3 is 0 Å². The molecule has 4 aliphatic rings. The summed E-state index contributed by atoms with van der Waals surface area (Å²) in [4.78, 5) is 0. The molecule has 4 fully saturated rings. The molecular weight excluding hydrogens is 264 g/mol. The first-order chi connectivity index (χ1) is 10.6. The van der Waals surface area contributed by atoms with Gasteiger partial charge >= 0.3 is 0 Å². The van der Waals surface area contributed by atoms with E-state index in [4.69, 9.17) is 0 Å². The van der Waals surface area contributed by atoms with Crippen molar-refractivity contribution in [2.45, 2.75) is 85.0 Å². The lowest BCUT2D eigenvalue weighted by atomic mass is 9.45. The lowest BCUT2D eigenvalue weighted by Gasteiger charge is -2.60. The highest BCUT2D eigenvalue weighted by atomic mass is 14.6. The Morgan fingerprint density at radius 2 is 1.68 bits per heavy atom. The molecule has 122 valence electrons. The minimum Gasteiger partial charge on any atom is -0.106 e. The van der Waals surface area contributed by atoms with E-state index in [2.05, 4.69) is 32.6 Å². The molecule has 0 heteroatoms. The summed E-state index contributed by atoms with van der Waals surface area (Å²) in [7, 11) is 0. The van der Waals surface area contributed by atoms with Crippen LogP contribution in [-0.2, 0) is 0 Å². The highest BCUT2D eigenvalue weighted by Gasteiger charge is 2.59. The van der Waals surface area contributed by atoms with Crippen LogP contribution < -0.4 is 0 Å². The van der Waals surface area contributed by atoms with E-state index >= 15 is 0 Å². The minimum atomic E-state index is 0.619. The van der Waals surface area contributed by atoms with Crippen molar-refractivity contribution in [2.75, 3.05) is 0 Å². The summed E-state index contributed by atoms with van der Waals surface area (Å²) in [6.07, 6.45) is 14.9. The molecule has 0 spiro atoms. The normalized spacial score (nSPS) is 53.7. The zero-order valence-corrected chi connectivity index (χ0v) is 15.0. The van der Waals surface area contributed by atoms with Crippen LogP contribution in [0.2, 0.25) is 0 Å². The molecule has 0 saturated heterocycles. The Hall–Kier alpha value is -0.440. The molecule has 22 heavy (non-hydrogen) atoms. The van der Waals surface area contributed by atoms with Crippen LogP contribution in [0.15, 0.2) is 0 Å². The highest BCUT2D eigenvalue weighted by Crippen LogP contribution is 2.67. The van der Waals surface area contributed by atoms with Crippen molar-refractivity contribution in [1.82, 2.24) is 0 Å². The smallest absolute Gasteiger partial charge is 0.0239 e. The standard InChI is InChI=1S/C22H34/c1-4-7-16-11-14-21(2)15-12-19-18(20(16)21)10-9-17-8-5-6-13-22(17,19)3/h16-20H,5-6,8-15H2,1-3H3/t16?,17-,18+,19-,20-,21-,22-/m0/s1. The molecule has 1 unspecified atom stereocenters. The minimum absolute atomic E-state index is 0.619. The van der Waals surface area contributed by atoms with Crippen LogP contribution in [0.5, 0.6) is 0 Å². The van der Waals surface area contributed by atoms with Gasteiger partial charge in [-0.15, -0.1) is 5.92 Å². The Labute approximate surface area is 137 Å². The molecule has 0 aromatic carbocycles. The Morgan fingerprint density at radius 3 is 2.50 bits per heavy atom. The SMILES string of the molecule is CC#CC1CC[C@@]2(C)CC[C@H]3[C@@H](CC[C@@H]4CCCC[C@@]43C)[C@H]12.